The van der Waals surface area contributed by atoms with Crippen LogP contribution >= 0.6 is 15.9 Å². The molecule has 2 aliphatic heterocycles. The van der Waals surface area contributed by atoms with Crippen molar-refractivity contribution in [1.29, 1.82) is 10.5 Å². The second kappa shape index (κ2) is 24.6. The maximum atomic E-state index is 14.8. The molecule has 0 aromatic heterocycles. The molecule has 23 heteroatoms. The Bertz CT molecular complexity index is 2960. The first-order valence-corrected chi connectivity index (χ1v) is 24.1. The van der Waals surface area contributed by atoms with Crippen LogP contribution in [-0.2, 0) is 63.8 Å². The first-order valence-electron chi connectivity index (χ1n) is 23.3. The van der Waals surface area contributed by atoms with Crippen LogP contribution in [0.25, 0.3) is 0 Å². The molecule has 8 rings (SSSR count). The van der Waals surface area contributed by atoms with E-state index in [1.165, 1.54) is 53.4 Å². The standard InChI is InChI=1S/C26H25F4N3O2.C19H23F3N2O2.C7H3BrFN.2CO2/c1-24(2,3)19-11-25(12-19)23(35)32(21-9-6-17(13-31)10-20(21)27)15-22(34)33(25)14-16-4-7-18(8-5-16)26(28,29)30;1-17(2,3)14-8-18(9-14)16(26)23-10-15(25)24(18)11-12-4-6-13(7-5-12)19(20,21)22;8-6-2-1-5(4-10)3-7(6)9;2*2-1-3/h4-10,19H,11-12,14-15H2,1-3H3;4-7,14H,8-11H2,1-3H3,(H,23,26);1-3H;;. The van der Waals surface area contributed by atoms with Gasteiger partial charge in [-0.3, -0.25) is 24.1 Å². The highest BCUT2D eigenvalue weighted by atomic mass is 79.9. The fraction of sp³-hybridized carbons (Fsp3) is 0.407. The van der Waals surface area contributed by atoms with Gasteiger partial charge in [0.05, 0.1) is 51.1 Å². The second-order valence-electron chi connectivity index (χ2n) is 20.6. The number of anilines is 1. The van der Waals surface area contributed by atoms with Crippen molar-refractivity contribution in [1.82, 2.24) is 15.1 Å². The van der Waals surface area contributed by atoms with Crippen LogP contribution in [0.5, 0.6) is 0 Å². The van der Waals surface area contributed by atoms with E-state index in [4.69, 9.17) is 29.7 Å². The summed E-state index contributed by atoms with van der Waals surface area (Å²) in [6.07, 6.45) is -6.47. The Balaban J connectivity index is 0.000000265. The molecule has 2 aliphatic carbocycles. The zero-order chi connectivity index (χ0) is 58.1. The molecule has 408 valence electrons. The molecular weight excluding hydrogens is 1090 g/mol. The maximum absolute atomic E-state index is 14.8. The molecular formula is C54H51BrF8N6O8. The largest absolute Gasteiger partial charge is 0.416 e. The number of carbonyl (C=O) groups is 4. The molecule has 4 aromatic carbocycles. The van der Waals surface area contributed by atoms with E-state index in [-0.39, 0.29) is 71.8 Å². The number of alkyl halides is 6. The van der Waals surface area contributed by atoms with Gasteiger partial charge in [-0.05, 0) is 136 Å². The van der Waals surface area contributed by atoms with E-state index in [1.54, 1.807) is 11.0 Å². The van der Waals surface area contributed by atoms with E-state index >= 15 is 0 Å². The highest BCUT2D eigenvalue weighted by Crippen LogP contribution is 2.54. The summed E-state index contributed by atoms with van der Waals surface area (Å²) in [7, 11) is 0. The van der Waals surface area contributed by atoms with Gasteiger partial charge in [-0.2, -0.15) is 56.0 Å². The summed E-state index contributed by atoms with van der Waals surface area (Å²) in [4.78, 5) is 88.8. The Hall–Kier alpha value is -7.58. The number of amides is 4. The molecule has 2 spiro atoms. The topological polar surface area (TPSA) is 206 Å². The zero-order valence-corrected chi connectivity index (χ0v) is 43.9. The smallest absolute Gasteiger partial charge is 0.345 e. The van der Waals surface area contributed by atoms with Gasteiger partial charge in [0.25, 0.3) is 5.91 Å². The van der Waals surface area contributed by atoms with Crippen LogP contribution < -0.4 is 10.2 Å². The lowest BCUT2D eigenvalue weighted by Crippen LogP contribution is -2.73. The Morgan fingerprint density at radius 1 is 0.597 bits per heavy atom. The van der Waals surface area contributed by atoms with Gasteiger partial charge >= 0.3 is 24.7 Å². The lowest BCUT2D eigenvalue weighted by atomic mass is 9.57. The number of rotatable bonds is 5. The van der Waals surface area contributed by atoms with Crippen LogP contribution in [0.4, 0.5) is 40.8 Å². The minimum absolute atomic E-state index is 0.0245. The SMILES string of the molecule is CC(C)(C)C1CC2(C1)C(=O)N(c1ccc(C#N)cc1F)CC(=O)N2Cc1ccc(C(F)(F)F)cc1.CC(C)(C)C1CC2(C1)C(=O)NCC(=O)N2Cc1ccc(C(F)(F)F)cc1.N#Cc1ccc(Br)c(F)c1.O=C=O.O=C=O. The van der Waals surface area contributed by atoms with Crippen molar-refractivity contribution < 1.29 is 73.5 Å². The summed E-state index contributed by atoms with van der Waals surface area (Å²) in [6.45, 7) is 12.1. The molecule has 4 aromatic rings. The van der Waals surface area contributed by atoms with Crippen LogP contribution in [0.3, 0.4) is 0 Å². The van der Waals surface area contributed by atoms with Gasteiger partial charge in [-0.1, -0.05) is 65.8 Å². The molecule has 4 aliphatic rings. The predicted octanol–water partition coefficient (Wildman–Crippen LogP) is 9.94. The third-order valence-corrected chi connectivity index (χ3v) is 14.5. The second-order valence-corrected chi connectivity index (χ2v) is 21.5. The van der Waals surface area contributed by atoms with Gasteiger partial charge in [0.1, 0.15) is 29.3 Å². The third kappa shape index (κ3) is 14.7. The van der Waals surface area contributed by atoms with Crippen molar-refractivity contribution >= 4 is 57.5 Å². The van der Waals surface area contributed by atoms with Crippen LogP contribution in [-0.4, -0.2) is 69.9 Å². The van der Waals surface area contributed by atoms with Crippen LogP contribution in [0.15, 0.2) is 89.4 Å². The van der Waals surface area contributed by atoms with Gasteiger partial charge in [0, 0.05) is 13.1 Å². The minimum Gasteiger partial charge on any atom is -0.345 e. The number of benzene rings is 4. The van der Waals surface area contributed by atoms with Crippen molar-refractivity contribution in [3.8, 4) is 12.1 Å². The number of hydrogen-bond acceptors (Lipinski definition) is 10. The molecule has 14 nitrogen and oxygen atoms in total. The monoisotopic (exact) mass is 1140 g/mol. The fourth-order valence-electron chi connectivity index (χ4n) is 9.21. The number of nitrogens with one attached hydrogen (secondary N) is 1. The quantitative estimate of drug-likeness (QED) is 0.187. The molecule has 77 heavy (non-hydrogen) atoms. The average molecular weight is 1140 g/mol. The molecule has 2 saturated carbocycles. The normalized spacial score (nSPS) is 20.8. The highest BCUT2D eigenvalue weighted by Gasteiger charge is 2.62. The Morgan fingerprint density at radius 2 is 0.987 bits per heavy atom. The Kier molecular flexibility index (Phi) is 19.8. The number of hydrogen-bond donors (Lipinski definition) is 1. The molecule has 4 fully saturated rings. The molecule has 2 saturated heterocycles. The number of piperazine rings is 2. The zero-order valence-electron chi connectivity index (χ0n) is 42.3. The van der Waals surface area contributed by atoms with E-state index in [1.807, 2.05) is 32.9 Å². The molecule has 0 unspecified atom stereocenters. The van der Waals surface area contributed by atoms with Gasteiger partial charge in [-0.15, -0.1) is 0 Å². The number of nitriles is 2. The van der Waals surface area contributed by atoms with Crippen molar-refractivity contribution in [2.24, 2.45) is 22.7 Å². The maximum Gasteiger partial charge on any atom is 0.416 e. The number of carbonyl (C=O) groups excluding carboxylic acids is 8. The molecule has 1 N–H and O–H groups in total. The van der Waals surface area contributed by atoms with Crippen molar-refractivity contribution in [2.75, 3.05) is 18.0 Å². The lowest BCUT2D eigenvalue weighted by Gasteiger charge is -2.59. The lowest BCUT2D eigenvalue weighted by molar-refractivity contribution is -0.193. The Labute approximate surface area is 446 Å². The first-order chi connectivity index (χ1) is 35.8. The fourth-order valence-corrected chi connectivity index (χ4v) is 9.46. The van der Waals surface area contributed by atoms with Crippen LogP contribution in [0.1, 0.15) is 101 Å². The van der Waals surface area contributed by atoms with Gasteiger partial charge in [0.2, 0.25) is 17.7 Å². The van der Waals surface area contributed by atoms with Gasteiger partial charge in [-0.25, -0.2) is 8.78 Å². The van der Waals surface area contributed by atoms with Crippen LogP contribution in [0.2, 0.25) is 0 Å². The molecule has 0 atom stereocenters. The van der Waals surface area contributed by atoms with Crippen molar-refractivity contribution in [2.45, 2.75) is 104 Å². The van der Waals surface area contributed by atoms with E-state index in [2.05, 4.69) is 42.0 Å². The minimum atomic E-state index is -4.48. The average Bonchev–Trinajstić information content (AvgIpc) is 3.31. The number of halogens is 9. The molecule has 0 bridgehead atoms. The summed E-state index contributed by atoms with van der Waals surface area (Å²) in [5.41, 5.74) is -2.30. The first kappa shape index (κ1) is 62.0. The Morgan fingerprint density at radius 3 is 1.36 bits per heavy atom. The van der Waals surface area contributed by atoms with E-state index in [0.29, 0.717) is 52.8 Å². The summed E-state index contributed by atoms with van der Waals surface area (Å²) in [5, 5.41) is 20.0. The third-order valence-electron chi connectivity index (χ3n) is 13.8. The summed E-state index contributed by atoms with van der Waals surface area (Å²) in [6, 6.07) is 20.9. The predicted molar refractivity (Wildman–Crippen MR) is 259 cm³/mol. The molecule has 2 heterocycles. The van der Waals surface area contributed by atoms with Gasteiger partial charge < -0.3 is 15.1 Å². The van der Waals surface area contributed by atoms with Crippen molar-refractivity contribution in [3.63, 3.8) is 0 Å². The summed E-state index contributed by atoms with van der Waals surface area (Å²) >= 11 is 2.97. The van der Waals surface area contributed by atoms with E-state index < -0.39 is 64.6 Å². The van der Waals surface area contributed by atoms with E-state index in [9.17, 15) is 54.3 Å². The summed E-state index contributed by atoms with van der Waals surface area (Å²) < 4.78 is 105. The van der Waals surface area contributed by atoms with Crippen molar-refractivity contribution in [3.05, 3.63) is 134 Å². The van der Waals surface area contributed by atoms with E-state index in [0.717, 1.165) is 35.2 Å². The van der Waals surface area contributed by atoms with Gasteiger partial charge in [0.15, 0.2) is 0 Å². The highest BCUT2D eigenvalue weighted by molar-refractivity contribution is 9.10. The van der Waals surface area contributed by atoms with Crippen LogP contribution in [0, 0.1) is 57.0 Å². The molecule has 4 amide bonds. The summed E-state index contributed by atoms with van der Waals surface area (Å²) in [5.74, 6) is -1.94. The molecule has 0 radical (unpaired) electrons. The number of nitrogens with zero attached hydrogens (tertiary/aromatic N) is 5.